The van der Waals surface area contributed by atoms with Gasteiger partial charge in [0.25, 0.3) is 0 Å². The van der Waals surface area contributed by atoms with Gasteiger partial charge in [-0.1, -0.05) is 13.8 Å². The molecule has 1 aliphatic carbocycles. The number of rotatable bonds is 7. The summed E-state index contributed by atoms with van der Waals surface area (Å²) in [6.45, 7) is 5.92. The van der Waals surface area contributed by atoms with Crippen molar-refractivity contribution in [1.82, 2.24) is 15.3 Å². The van der Waals surface area contributed by atoms with Crippen molar-refractivity contribution in [3.63, 3.8) is 0 Å². The Balaban J connectivity index is 1.43. The van der Waals surface area contributed by atoms with Gasteiger partial charge in [0.05, 0.1) is 29.7 Å². The quantitative estimate of drug-likeness (QED) is 0.523. The molecule has 9 heteroatoms. The van der Waals surface area contributed by atoms with Gasteiger partial charge in [0.1, 0.15) is 23.8 Å². The molecule has 8 nitrogen and oxygen atoms in total. The van der Waals surface area contributed by atoms with E-state index in [1.54, 1.807) is 6.07 Å². The molecule has 3 N–H and O–H groups in total. The first-order valence-corrected chi connectivity index (χ1v) is 10.2. The number of fused-ring (bicyclic) bond motifs is 1. The predicted molar refractivity (Wildman–Crippen MR) is 112 cm³/mol. The molecule has 0 radical (unpaired) electrons. The number of nitrogens with zero attached hydrogens (tertiary/aromatic N) is 2. The van der Waals surface area contributed by atoms with E-state index in [0.717, 1.165) is 5.56 Å². The lowest BCUT2D eigenvalue weighted by atomic mass is 9.98. The summed E-state index contributed by atoms with van der Waals surface area (Å²) < 4.78 is 24.9. The highest BCUT2D eigenvalue weighted by Gasteiger charge is 2.41. The van der Waals surface area contributed by atoms with Crippen LogP contribution < -0.4 is 15.4 Å². The number of aryl methyl sites for hydroxylation is 1. The second-order valence-electron chi connectivity index (χ2n) is 8.32. The van der Waals surface area contributed by atoms with Crippen LogP contribution in [0.25, 0.3) is 11.0 Å². The highest BCUT2D eigenvalue weighted by molar-refractivity contribution is 5.89. The van der Waals surface area contributed by atoms with Gasteiger partial charge in [-0.05, 0) is 43.9 Å². The Labute approximate surface area is 178 Å². The zero-order valence-electron chi connectivity index (χ0n) is 17.6. The number of hydrogen-bond acceptors (Lipinski definition) is 6. The number of nitrogens with one attached hydrogen (secondary N) is 2. The zero-order chi connectivity index (χ0) is 22.2. The summed E-state index contributed by atoms with van der Waals surface area (Å²) in [5.74, 6) is 0.271. The maximum Gasteiger partial charge on any atom is 0.319 e. The smallest absolute Gasteiger partial charge is 0.319 e. The lowest BCUT2D eigenvalue weighted by Gasteiger charge is -2.21. The predicted octanol–water partition coefficient (Wildman–Crippen LogP) is 4.09. The molecule has 3 aromatic rings. The third-order valence-corrected chi connectivity index (χ3v) is 5.35. The minimum atomic E-state index is -0.757. The molecule has 1 fully saturated rings. The Morgan fingerprint density at radius 2 is 2.03 bits per heavy atom. The third kappa shape index (κ3) is 4.77. The Morgan fingerprint density at radius 1 is 1.32 bits per heavy atom. The average molecular weight is 428 g/mol. The molecular formula is C22H25FN4O4. The maximum atomic E-state index is 13.6. The van der Waals surface area contributed by atoms with E-state index in [0.29, 0.717) is 35.3 Å². The van der Waals surface area contributed by atoms with Gasteiger partial charge in [-0.15, -0.1) is 0 Å². The summed E-state index contributed by atoms with van der Waals surface area (Å²) in [5, 5.41) is 16.1. The molecule has 164 valence electrons. The van der Waals surface area contributed by atoms with Crippen molar-refractivity contribution in [1.29, 1.82) is 0 Å². The van der Waals surface area contributed by atoms with Crippen LogP contribution in [0.15, 0.2) is 35.0 Å². The molecule has 1 saturated carbocycles. The van der Waals surface area contributed by atoms with E-state index < -0.39 is 17.7 Å². The number of anilines is 1. The van der Waals surface area contributed by atoms with Crippen molar-refractivity contribution in [3.8, 4) is 6.01 Å². The van der Waals surface area contributed by atoms with Crippen molar-refractivity contribution in [2.24, 2.45) is 5.92 Å². The first-order valence-electron chi connectivity index (χ1n) is 10.2. The normalized spacial score (nSPS) is 15.7. The number of urea groups is 1. The second kappa shape index (κ2) is 8.14. The van der Waals surface area contributed by atoms with E-state index in [-0.39, 0.29) is 24.4 Å². The largest absolute Gasteiger partial charge is 0.460 e. The number of amides is 2. The molecule has 1 unspecified atom stereocenters. The van der Waals surface area contributed by atoms with E-state index in [1.165, 1.54) is 24.5 Å². The minimum absolute atomic E-state index is 0.0233. The van der Waals surface area contributed by atoms with Crippen molar-refractivity contribution in [2.75, 3.05) is 11.9 Å². The molecule has 4 rings (SSSR count). The summed E-state index contributed by atoms with van der Waals surface area (Å²) in [7, 11) is 0. The van der Waals surface area contributed by atoms with E-state index in [9.17, 15) is 14.3 Å². The van der Waals surface area contributed by atoms with Crippen LogP contribution in [-0.2, 0) is 0 Å². The molecule has 0 spiro atoms. The maximum absolute atomic E-state index is 13.6. The summed E-state index contributed by atoms with van der Waals surface area (Å²) in [6, 6.07) is 3.63. The van der Waals surface area contributed by atoms with Crippen molar-refractivity contribution in [2.45, 2.75) is 45.3 Å². The number of carbonyl (C=O) groups excluding carboxylic acids is 1. The van der Waals surface area contributed by atoms with Gasteiger partial charge in [-0.25, -0.2) is 19.2 Å². The zero-order valence-corrected chi connectivity index (χ0v) is 17.6. The lowest BCUT2D eigenvalue weighted by molar-refractivity contribution is 0.0808. The Morgan fingerprint density at radius 3 is 2.68 bits per heavy atom. The van der Waals surface area contributed by atoms with Crippen molar-refractivity contribution >= 4 is 22.7 Å². The van der Waals surface area contributed by atoms with Crippen LogP contribution in [0.5, 0.6) is 6.01 Å². The number of aromatic nitrogens is 2. The Bertz CT molecular complexity index is 1090. The molecule has 2 heterocycles. The Kier molecular flexibility index (Phi) is 5.53. The van der Waals surface area contributed by atoms with Gasteiger partial charge in [-0.3, -0.25) is 0 Å². The average Bonchev–Trinajstić information content (AvgIpc) is 3.39. The number of ether oxygens (including phenoxy) is 1. The molecule has 1 aliphatic rings. The molecule has 0 aliphatic heterocycles. The fraction of sp³-hybridized carbons (Fsp3) is 0.409. The number of halogens is 1. The standard InChI is InChI=1S/C22H25FN4O4/c1-12(2)18(19-13(3)16-8-14(23)4-5-17(16)31-19)27-20(28)26-15-9-24-21(25-10-15)30-11-22(29)6-7-22/h4-5,8-10,12,18,29H,6-7,11H2,1-3H3,(H2,26,27,28). The molecule has 1 atom stereocenters. The first kappa shape index (κ1) is 21.0. The first-order chi connectivity index (χ1) is 14.7. The van der Waals surface area contributed by atoms with Crippen LogP contribution in [0.3, 0.4) is 0 Å². The number of hydrogen-bond donors (Lipinski definition) is 3. The molecule has 31 heavy (non-hydrogen) atoms. The number of aliphatic hydroxyl groups is 1. The summed E-state index contributed by atoms with van der Waals surface area (Å²) in [5.41, 5.74) is 0.991. The topological polar surface area (TPSA) is 110 Å². The number of benzene rings is 1. The van der Waals surface area contributed by atoms with Gasteiger partial charge >= 0.3 is 12.0 Å². The third-order valence-electron chi connectivity index (χ3n) is 5.35. The molecule has 0 saturated heterocycles. The van der Waals surface area contributed by atoms with Crippen LogP contribution in [0, 0.1) is 18.7 Å². The Hall–Kier alpha value is -3.20. The van der Waals surface area contributed by atoms with E-state index in [2.05, 4.69) is 20.6 Å². The highest BCUT2D eigenvalue weighted by atomic mass is 19.1. The van der Waals surface area contributed by atoms with Crippen LogP contribution in [0.4, 0.5) is 14.9 Å². The van der Waals surface area contributed by atoms with Gasteiger partial charge < -0.3 is 24.9 Å². The fourth-order valence-electron chi connectivity index (χ4n) is 3.29. The van der Waals surface area contributed by atoms with E-state index in [4.69, 9.17) is 9.15 Å². The van der Waals surface area contributed by atoms with Crippen LogP contribution >= 0.6 is 0 Å². The highest BCUT2D eigenvalue weighted by Crippen LogP contribution is 2.35. The second-order valence-corrected chi connectivity index (χ2v) is 8.32. The summed E-state index contributed by atoms with van der Waals surface area (Å²) in [4.78, 5) is 20.7. The van der Waals surface area contributed by atoms with Gasteiger partial charge in [0.15, 0.2) is 0 Å². The number of carbonyl (C=O) groups is 1. The lowest BCUT2D eigenvalue weighted by Crippen LogP contribution is -2.35. The monoisotopic (exact) mass is 428 g/mol. The van der Waals surface area contributed by atoms with Crippen molar-refractivity contribution < 1.29 is 23.4 Å². The van der Waals surface area contributed by atoms with E-state index in [1.807, 2.05) is 20.8 Å². The van der Waals surface area contributed by atoms with Gasteiger partial charge in [-0.2, -0.15) is 0 Å². The van der Waals surface area contributed by atoms with Crippen LogP contribution in [0.2, 0.25) is 0 Å². The SMILES string of the molecule is Cc1c(C(NC(=O)Nc2cnc(OCC3(O)CC3)nc2)C(C)C)oc2ccc(F)cc12. The molecule has 2 aromatic heterocycles. The molecule has 0 bridgehead atoms. The molecule has 1 aromatic carbocycles. The fourth-order valence-corrected chi connectivity index (χ4v) is 3.29. The van der Waals surface area contributed by atoms with Crippen molar-refractivity contribution in [3.05, 3.63) is 47.7 Å². The van der Waals surface area contributed by atoms with Crippen LogP contribution in [0.1, 0.15) is 44.1 Å². The van der Waals surface area contributed by atoms with Gasteiger partial charge in [0.2, 0.25) is 0 Å². The van der Waals surface area contributed by atoms with Gasteiger partial charge in [0, 0.05) is 10.9 Å². The molecular weight excluding hydrogens is 403 g/mol. The minimum Gasteiger partial charge on any atom is -0.460 e. The van der Waals surface area contributed by atoms with E-state index >= 15 is 0 Å². The number of furan rings is 1. The molecule has 2 amide bonds. The summed E-state index contributed by atoms with van der Waals surface area (Å²) >= 11 is 0. The van der Waals surface area contributed by atoms with Crippen LogP contribution in [-0.4, -0.2) is 33.3 Å². The summed E-state index contributed by atoms with van der Waals surface area (Å²) in [6.07, 6.45) is 4.28.